The molecule has 0 bridgehead atoms. The second-order valence-corrected chi connectivity index (χ2v) is 3.20. The molecule has 1 rings (SSSR count). The topological polar surface area (TPSA) is 34.1 Å². The maximum absolute atomic E-state index is 10.5. The van der Waals surface area contributed by atoms with E-state index < -0.39 is 0 Å². The molecule has 0 saturated carbocycles. The van der Waals surface area contributed by atoms with Gasteiger partial charge in [-0.2, -0.15) is 0 Å². The molecule has 0 spiro atoms. The molecule has 1 aromatic rings. The van der Waals surface area contributed by atoms with E-state index in [2.05, 4.69) is 0 Å². The van der Waals surface area contributed by atoms with E-state index >= 15 is 0 Å². The summed E-state index contributed by atoms with van der Waals surface area (Å²) in [5, 5.41) is 1.96. The molecule has 0 aliphatic rings. The molecule has 0 saturated heterocycles. The summed E-state index contributed by atoms with van der Waals surface area (Å²) in [6.45, 7) is 0. The highest BCUT2D eigenvalue weighted by Gasteiger charge is 1.99. The summed E-state index contributed by atoms with van der Waals surface area (Å²) in [6, 6.07) is 3.90. The molecule has 0 N–H and O–H groups in total. The van der Waals surface area contributed by atoms with Crippen LogP contribution < -0.4 is 0 Å². The van der Waals surface area contributed by atoms with Crippen LogP contribution in [0.1, 0.15) is 11.3 Å². The standard InChI is InChI=1S/C8H8O2S/c9-6-7(10)3-4-8-2-1-5-11-8/h1-2,5-6H,3-4H2. The van der Waals surface area contributed by atoms with E-state index in [0.29, 0.717) is 19.1 Å². The van der Waals surface area contributed by atoms with Gasteiger partial charge in [0.05, 0.1) is 0 Å². The van der Waals surface area contributed by atoms with E-state index in [1.165, 1.54) is 0 Å². The molecule has 1 heterocycles. The van der Waals surface area contributed by atoms with Crippen molar-refractivity contribution < 1.29 is 9.59 Å². The van der Waals surface area contributed by atoms with Gasteiger partial charge in [-0.05, 0) is 17.9 Å². The van der Waals surface area contributed by atoms with Gasteiger partial charge in [0.15, 0.2) is 12.1 Å². The third-order valence-corrected chi connectivity index (χ3v) is 2.27. The van der Waals surface area contributed by atoms with Crippen molar-refractivity contribution in [1.82, 2.24) is 0 Å². The SMILES string of the molecule is O=CC(=O)CCc1cccs1. The van der Waals surface area contributed by atoms with Crippen LogP contribution in [0.4, 0.5) is 0 Å². The Kier molecular flexibility index (Phi) is 2.98. The minimum atomic E-state index is -0.321. The Morgan fingerprint density at radius 3 is 3.00 bits per heavy atom. The fourth-order valence-corrected chi connectivity index (χ4v) is 1.47. The van der Waals surface area contributed by atoms with E-state index in [4.69, 9.17) is 0 Å². The summed E-state index contributed by atoms with van der Waals surface area (Å²) in [7, 11) is 0. The van der Waals surface area contributed by atoms with Gasteiger partial charge in [-0.15, -0.1) is 11.3 Å². The van der Waals surface area contributed by atoms with Crippen LogP contribution in [0.5, 0.6) is 0 Å². The molecule has 0 fully saturated rings. The number of hydrogen-bond donors (Lipinski definition) is 0. The van der Waals surface area contributed by atoms with E-state index in [0.717, 1.165) is 4.88 Å². The average molecular weight is 168 g/mol. The van der Waals surface area contributed by atoms with Crippen LogP contribution in [0.15, 0.2) is 17.5 Å². The van der Waals surface area contributed by atoms with Crippen LogP contribution in [0.2, 0.25) is 0 Å². The van der Waals surface area contributed by atoms with Gasteiger partial charge in [-0.25, -0.2) is 0 Å². The van der Waals surface area contributed by atoms with Gasteiger partial charge < -0.3 is 0 Å². The molecule has 2 nitrogen and oxygen atoms in total. The minimum Gasteiger partial charge on any atom is -0.295 e. The number of aldehydes is 1. The number of ketones is 1. The first kappa shape index (κ1) is 8.14. The molecule has 0 atom stereocenters. The number of hydrogen-bond acceptors (Lipinski definition) is 3. The highest BCUT2D eigenvalue weighted by atomic mass is 32.1. The quantitative estimate of drug-likeness (QED) is 0.503. The average Bonchev–Trinajstić information content (AvgIpc) is 2.52. The van der Waals surface area contributed by atoms with Crippen molar-refractivity contribution in [3.05, 3.63) is 22.4 Å². The molecule has 0 amide bonds. The molecule has 0 aromatic carbocycles. The third kappa shape index (κ3) is 2.63. The predicted octanol–water partition coefficient (Wildman–Crippen LogP) is 1.45. The Balaban J connectivity index is 2.34. The number of rotatable bonds is 4. The molecule has 0 aliphatic heterocycles. The Labute approximate surface area is 68.9 Å². The molecule has 3 heteroatoms. The first-order valence-electron chi connectivity index (χ1n) is 3.33. The van der Waals surface area contributed by atoms with Crippen LogP contribution in [0.25, 0.3) is 0 Å². The molecule has 0 aliphatic carbocycles. The van der Waals surface area contributed by atoms with E-state index in [1.807, 2.05) is 17.5 Å². The summed E-state index contributed by atoms with van der Waals surface area (Å²) in [5.74, 6) is -0.321. The van der Waals surface area contributed by atoms with Gasteiger partial charge in [0, 0.05) is 11.3 Å². The van der Waals surface area contributed by atoms with Crippen LogP contribution in [-0.4, -0.2) is 12.1 Å². The predicted molar refractivity (Wildman–Crippen MR) is 43.7 cm³/mol. The lowest BCUT2D eigenvalue weighted by molar-refractivity contribution is -0.129. The first-order chi connectivity index (χ1) is 5.33. The van der Waals surface area contributed by atoms with Crippen molar-refractivity contribution in [2.45, 2.75) is 12.8 Å². The maximum Gasteiger partial charge on any atom is 0.195 e. The van der Waals surface area contributed by atoms with Crippen molar-refractivity contribution in [1.29, 1.82) is 0 Å². The summed E-state index contributed by atoms with van der Waals surface area (Å²) in [6.07, 6.45) is 1.41. The van der Waals surface area contributed by atoms with Crippen molar-refractivity contribution >= 4 is 23.4 Å². The number of carbonyl (C=O) groups is 2. The summed E-state index contributed by atoms with van der Waals surface area (Å²) >= 11 is 1.61. The number of thiophene rings is 1. The van der Waals surface area contributed by atoms with Gasteiger partial charge in [0.1, 0.15) is 0 Å². The largest absolute Gasteiger partial charge is 0.295 e. The maximum atomic E-state index is 10.5. The first-order valence-corrected chi connectivity index (χ1v) is 4.21. The number of aryl methyl sites for hydroxylation is 1. The molecule has 0 radical (unpaired) electrons. The Morgan fingerprint density at radius 1 is 1.64 bits per heavy atom. The lowest BCUT2D eigenvalue weighted by atomic mass is 10.2. The van der Waals surface area contributed by atoms with E-state index in [1.54, 1.807) is 11.3 Å². The van der Waals surface area contributed by atoms with Crippen molar-refractivity contribution in [2.75, 3.05) is 0 Å². The van der Waals surface area contributed by atoms with Crippen LogP contribution in [0, 0.1) is 0 Å². The number of Topliss-reactive ketones (excluding diaryl/α,β-unsaturated/α-hetero) is 1. The molecule has 11 heavy (non-hydrogen) atoms. The summed E-state index contributed by atoms with van der Waals surface area (Å²) in [5.41, 5.74) is 0. The van der Waals surface area contributed by atoms with E-state index in [9.17, 15) is 9.59 Å². The van der Waals surface area contributed by atoms with Crippen molar-refractivity contribution in [3.8, 4) is 0 Å². The zero-order valence-electron chi connectivity index (χ0n) is 5.95. The van der Waals surface area contributed by atoms with Crippen molar-refractivity contribution in [3.63, 3.8) is 0 Å². The van der Waals surface area contributed by atoms with Crippen LogP contribution in [-0.2, 0) is 16.0 Å². The second-order valence-electron chi connectivity index (χ2n) is 2.16. The Hall–Kier alpha value is -0.960. The third-order valence-electron chi connectivity index (χ3n) is 1.33. The minimum absolute atomic E-state index is 0.321. The van der Waals surface area contributed by atoms with Crippen molar-refractivity contribution in [2.24, 2.45) is 0 Å². The van der Waals surface area contributed by atoms with E-state index in [-0.39, 0.29) is 5.78 Å². The van der Waals surface area contributed by atoms with Gasteiger partial charge in [-0.3, -0.25) is 9.59 Å². The molecule has 58 valence electrons. The lowest BCUT2D eigenvalue weighted by Gasteiger charge is -1.89. The van der Waals surface area contributed by atoms with Gasteiger partial charge in [-0.1, -0.05) is 6.07 Å². The zero-order chi connectivity index (χ0) is 8.10. The summed E-state index contributed by atoms with van der Waals surface area (Å²) < 4.78 is 0. The lowest BCUT2D eigenvalue weighted by Crippen LogP contribution is -1.99. The van der Waals surface area contributed by atoms with Gasteiger partial charge in [0.25, 0.3) is 0 Å². The van der Waals surface area contributed by atoms with Crippen LogP contribution >= 0.6 is 11.3 Å². The molecular formula is C8H8O2S. The summed E-state index contributed by atoms with van der Waals surface area (Å²) in [4.78, 5) is 21.6. The zero-order valence-corrected chi connectivity index (χ0v) is 6.76. The fraction of sp³-hybridized carbons (Fsp3) is 0.250. The van der Waals surface area contributed by atoms with Gasteiger partial charge in [0.2, 0.25) is 0 Å². The molecule has 1 aromatic heterocycles. The van der Waals surface area contributed by atoms with Crippen LogP contribution in [0.3, 0.4) is 0 Å². The smallest absolute Gasteiger partial charge is 0.195 e. The van der Waals surface area contributed by atoms with Gasteiger partial charge >= 0.3 is 0 Å². The monoisotopic (exact) mass is 168 g/mol. The Bertz CT molecular complexity index is 239. The number of carbonyl (C=O) groups excluding carboxylic acids is 2. The Morgan fingerprint density at radius 2 is 2.45 bits per heavy atom. The normalized spacial score (nSPS) is 9.45. The second kappa shape index (κ2) is 4.03. The highest BCUT2D eigenvalue weighted by molar-refractivity contribution is 7.09. The molecule has 0 unspecified atom stereocenters. The molecular weight excluding hydrogens is 160 g/mol. The fourth-order valence-electron chi connectivity index (χ4n) is 0.760. The highest BCUT2D eigenvalue weighted by Crippen LogP contribution is 2.10.